The Morgan fingerprint density at radius 1 is 0.972 bits per heavy atom. The van der Waals surface area contributed by atoms with Crippen LogP contribution < -0.4 is 15.8 Å². The topological polar surface area (TPSA) is 76.3 Å². The predicted octanol–water partition coefficient (Wildman–Crippen LogP) is 5.79. The number of anilines is 2. The molecular formula is C24H29F6N5O. The number of nitrogens with one attached hydrogen (secondary N) is 1. The van der Waals surface area contributed by atoms with Gasteiger partial charge in [-0.25, -0.2) is 4.98 Å². The third-order valence-corrected chi connectivity index (χ3v) is 6.89. The summed E-state index contributed by atoms with van der Waals surface area (Å²) in [6.45, 7) is 1.97. The Morgan fingerprint density at radius 3 is 2.28 bits per heavy atom. The highest BCUT2D eigenvalue weighted by molar-refractivity contribution is 5.49. The molecule has 2 aromatic rings. The van der Waals surface area contributed by atoms with Gasteiger partial charge in [0.15, 0.2) is 0 Å². The summed E-state index contributed by atoms with van der Waals surface area (Å²) in [6.07, 6.45) is -3.64. The largest absolute Gasteiger partial charge is 0.573 e. The lowest BCUT2D eigenvalue weighted by atomic mass is 9.82. The lowest BCUT2D eigenvalue weighted by Crippen LogP contribution is -2.36. The minimum atomic E-state index is -4.88. The molecule has 0 spiro atoms. The SMILES string of the molecule is Nc1nc(NCc2ccccc2OC(F)(F)F)nc(CC2CCC(N3CCCC3)CC2)c1C(F)(F)F. The van der Waals surface area contributed by atoms with Crippen molar-refractivity contribution in [2.75, 3.05) is 24.1 Å². The van der Waals surface area contributed by atoms with E-state index in [1.165, 1.54) is 31.0 Å². The second-order valence-electron chi connectivity index (χ2n) is 9.38. The molecule has 2 aliphatic rings. The predicted molar refractivity (Wildman–Crippen MR) is 122 cm³/mol. The van der Waals surface area contributed by atoms with Gasteiger partial charge < -0.3 is 20.7 Å². The molecule has 0 unspecified atom stereocenters. The summed E-state index contributed by atoms with van der Waals surface area (Å²) in [6, 6.07) is 5.94. The van der Waals surface area contributed by atoms with Crippen molar-refractivity contribution in [3.8, 4) is 5.75 Å². The summed E-state index contributed by atoms with van der Waals surface area (Å²) in [4.78, 5) is 10.3. The molecule has 1 aromatic heterocycles. The van der Waals surface area contributed by atoms with Crippen molar-refractivity contribution in [3.05, 3.63) is 41.1 Å². The summed E-state index contributed by atoms with van der Waals surface area (Å²) in [5.41, 5.74) is 4.61. The van der Waals surface area contributed by atoms with Gasteiger partial charge in [-0.05, 0) is 70.0 Å². The van der Waals surface area contributed by atoms with Gasteiger partial charge in [-0.2, -0.15) is 18.2 Å². The normalized spacial score (nSPS) is 21.5. The maximum atomic E-state index is 13.8. The van der Waals surface area contributed by atoms with E-state index in [0.717, 1.165) is 44.8 Å². The second kappa shape index (κ2) is 10.7. The van der Waals surface area contributed by atoms with Crippen LogP contribution in [0.5, 0.6) is 5.75 Å². The van der Waals surface area contributed by atoms with E-state index in [0.29, 0.717) is 6.04 Å². The molecule has 36 heavy (non-hydrogen) atoms. The first-order chi connectivity index (χ1) is 17.0. The Morgan fingerprint density at radius 2 is 1.64 bits per heavy atom. The molecule has 1 aliphatic carbocycles. The van der Waals surface area contributed by atoms with E-state index in [2.05, 4.69) is 24.9 Å². The number of alkyl halides is 6. The third kappa shape index (κ3) is 6.71. The van der Waals surface area contributed by atoms with E-state index >= 15 is 0 Å². The number of nitrogens with zero attached hydrogens (tertiary/aromatic N) is 3. The highest BCUT2D eigenvalue weighted by Crippen LogP contribution is 2.39. The summed E-state index contributed by atoms with van der Waals surface area (Å²) in [7, 11) is 0. The molecule has 12 heteroatoms. The van der Waals surface area contributed by atoms with Gasteiger partial charge in [0.2, 0.25) is 5.95 Å². The van der Waals surface area contributed by atoms with Gasteiger partial charge in [0.05, 0.1) is 5.69 Å². The molecule has 6 nitrogen and oxygen atoms in total. The molecule has 0 bridgehead atoms. The molecule has 1 aliphatic heterocycles. The van der Waals surface area contributed by atoms with Crippen molar-refractivity contribution in [2.24, 2.45) is 5.92 Å². The first-order valence-electron chi connectivity index (χ1n) is 12.0. The van der Waals surface area contributed by atoms with Gasteiger partial charge in [-0.3, -0.25) is 0 Å². The quantitative estimate of drug-likeness (QED) is 0.453. The molecule has 4 rings (SSSR count). The van der Waals surface area contributed by atoms with Gasteiger partial charge >= 0.3 is 12.5 Å². The maximum absolute atomic E-state index is 13.8. The Hall–Kier alpha value is -2.76. The smallest absolute Gasteiger partial charge is 0.405 e. The van der Waals surface area contributed by atoms with E-state index < -0.39 is 29.7 Å². The number of benzene rings is 1. The summed E-state index contributed by atoms with van der Waals surface area (Å²) >= 11 is 0. The Bertz CT molecular complexity index is 1030. The number of hydrogen-bond acceptors (Lipinski definition) is 6. The fraction of sp³-hybridized carbons (Fsp3) is 0.583. The van der Waals surface area contributed by atoms with Crippen LogP contribution in [0.1, 0.15) is 55.3 Å². The maximum Gasteiger partial charge on any atom is 0.573 e. The van der Waals surface area contributed by atoms with Crippen molar-refractivity contribution in [1.82, 2.24) is 14.9 Å². The molecule has 0 atom stereocenters. The zero-order chi connectivity index (χ0) is 25.9. The van der Waals surface area contributed by atoms with Crippen LogP contribution in [0.25, 0.3) is 0 Å². The van der Waals surface area contributed by atoms with Crippen LogP contribution in [0.4, 0.5) is 38.1 Å². The fourth-order valence-electron chi connectivity index (χ4n) is 5.20. The molecule has 3 N–H and O–H groups in total. The Kier molecular flexibility index (Phi) is 7.82. The van der Waals surface area contributed by atoms with Gasteiger partial charge in [-0.15, -0.1) is 13.2 Å². The van der Waals surface area contributed by atoms with Crippen molar-refractivity contribution in [3.63, 3.8) is 0 Å². The summed E-state index contributed by atoms with van der Waals surface area (Å²) in [5, 5.41) is 2.70. The highest BCUT2D eigenvalue weighted by atomic mass is 19.4. The van der Waals surface area contributed by atoms with Crippen molar-refractivity contribution < 1.29 is 31.1 Å². The minimum absolute atomic E-state index is 0.0352. The molecule has 2 fully saturated rings. The van der Waals surface area contributed by atoms with Crippen LogP contribution in [0, 0.1) is 5.92 Å². The molecule has 1 aromatic carbocycles. The Labute approximate surface area is 205 Å². The molecule has 2 heterocycles. The summed E-state index contributed by atoms with van der Waals surface area (Å²) < 4.78 is 83.5. The number of hydrogen-bond donors (Lipinski definition) is 2. The van der Waals surface area contributed by atoms with Gasteiger partial charge in [-0.1, -0.05) is 18.2 Å². The zero-order valence-electron chi connectivity index (χ0n) is 19.6. The van der Waals surface area contributed by atoms with Crippen molar-refractivity contribution in [2.45, 2.75) is 70.1 Å². The number of rotatable bonds is 7. The average molecular weight is 518 g/mol. The van der Waals surface area contributed by atoms with E-state index in [9.17, 15) is 26.3 Å². The minimum Gasteiger partial charge on any atom is -0.405 e. The van der Waals surface area contributed by atoms with Crippen LogP contribution in [0.3, 0.4) is 0 Å². The van der Waals surface area contributed by atoms with Crippen LogP contribution >= 0.6 is 0 Å². The monoisotopic (exact) mass is 517 g/mol. The molecule has 198 valence electrons. The summed E-state index contributed by atoms with van der Waals surface area (Å²) in [5.74, 6) is -1.27. The van der Waals surface area contributed by atoms with Gasteiger partial charge in [0, 0.05) is 18.2 Å². The van der Waals surface area contributed by atoms with Crippen molar-refractivity contribution in [1.29, 1.82) is 0 Å². The zero-order valence-corrected chi connectivity index (χ0v) is 19.6. The third-order valence-electron chi connectivity index (χ3n) is 6.89. The molecule has 0 amide bonds. The van der Waals surface area contributed by atoms with Gasteiger partial charge in [0.25, 0.3) is 0 Å². The van der Waals surface area contributed by atoms with E-state index in [4.69, 9.17) is 5.73 Å². The van der Waals surface area contributed by atoms with E-state index in [1.54, 1.807) is 0 Å². The number of ether oxygens (including phenoxy) is 1. The van der Waals surface area contributed by atoms with Crippen LogP contribution in [0.15, 0.2) is 24.3 Å². The van der Waals surface area contributed by atoms with E-state index in [1.807, 2.05) is 0 Å². The average Bonchev–Trinajstić information content (AvgIpc) is 3.32. The lowest BCUT2D eigenvalue weighted by molar-refractivity contribution is -0.274. The Balaban J connectivity index is 1.49. The van der Waals surface area contributed by atoms with Crippen LogP contribution in [0.2, 0.25) is 0 Å². The lowest BCUT2D eigenvalue weighted by Gasteiger charge is -2.34. The fourth-order valence-corrected chi connectivity index (χ4v) is 5.20. The molecule has 0 radical (unpaired) electrons. The second-order valence-corrected chi connectivity index (χ2v) is 9.38. The first-order valence-corrected chi connectivity index (χ1v) is 12.0. The van der Waals surface area contributed by atoms with Crippen LogP contribution in [-0.4, -0.2) is 40.4 Å². The van der Waals surface area contributed by atoms with E-state index in [-0.39, 0.29) is 36.1 Å². The number of nitrogen functional groups attached to an aromatic ring is 1. The molecular weight excluding hydrogens is 488 g/mol. The van der Waals surface area contributed by atoms with Crippen molar-refractivity contribution >= 4 is 11.8 Å². The first kappa shape index (κ1) is 26.3. The number of nitrogens with two attached hydrogens (primary N) is 1. The molecule has 1 saturated heterocycles. The highest BCUT2D eigenvalue weighted by Gasteiger charge is 2.39. The van der Waals surface area contributed by atoms with Gasteiger partial charge in [0.1, 0.15) is 17.1 Å². The number of likely N-dealkylation sites (tertiary alicyclic amines) is 1. The molecule has 1 saturated carbocycles. The number of para-hydroxylation sites is 1. The standard InChI is InChI=1S/C24H29F6N5O/c25-23(26,27)20-18(13-15-7-9-17(10-8-15)35-11-3-4-12-35)33-22(34-21(20)31)32-14-16-5-1-2-6-19(16)36-24(28,29)30/h1-2,5-6,15,17H,3-4,7-14H2,(H3,31,32,33,34). The van der Waals surface area contributed by atoms with Crippen LogP contribution in [-0.2, 0) is 19.1 Å². The number of aromatic nitrogens is 2. The number of halogens is 6.